The number of carbonyl (C=O) groups is 1. The lowest BCUT2D eigenvalue weighted by Gasteiger charge is -2.05. The highest BCUT2D eigenvalue weighted by molar-refractivity contribution is 7.13. The second-order valence-corrected chi connectivity index (χ2v) is 7.37. The molecule has 29 heavy (non-hydrogen) atoms. The minimum atomic E-state index is -0.109. The summed E-state index contributed by atoms with van der Waals surface area (Å²) >= 11 is 1.46. The van der Waals surface area contributed by atoms with Crippen molar-refractivity contribution in [3.63, 3.8) is 0 Å². The lowest BCUT2D eigenvalue weighted by molar-refractivity contribution is -0.115. The molecular weight excluding hydrogens is 384 g/mol. The van der Waals surface area contributed by atoms with E-state index < -0.39 is 0 Å². The van der Waals surface area contributed by atoms with Crippen molar-refractivity contribution in [3.8, 4) is 22.0 Å². The van der Waals surface area contributed by atoms with E-state index in [0.717, 1.165) is 33.3 Å². The molecule has 0 aliphatic rings. The number of thiazole rings is 1. The first-order valence-corrected chi connectivity index (χ1v) is 9.95. The summed E-state index contributed by atoms with van der Waals surface area (Å²) in [6.45, 7) is 0. The molecule has 1 N–H and O–H groups in total. The minimum Gasteiger partial charge on any atom is -0.462 e. The molecule has 0 aliphatic carbocycles. The standard InChI is InChI=1S/C22H16N4O2S/c27-21(12-17-14-29-22(24-17)19-4-3-11-28-19)23-16-8-6-15(7-9-16)18-13-26-10-2-1-5-20(26)25-18/h1-11,13-14H,12H2,(H,23,27). The van der Waals surface area contributed by atoms with E-state index in [0.29, 0.717) is 5.76 Å². The van der Waals surface area contributed by atoms with Crippen LogP contribution in [0.15, 0.2) is 83.1 Å². The third-order valence-corrected chi connectivity index (χ3v) is 5.36. The highest BCUT2D eigenvalue weighted by atomic mass is 32.1. The van der Waals surface area contributed by atoms with Gasteiger partial charge in [-0.3, -0.25) is 4.79 Å². The van der Waals surface area contributed by atoms with Crippen molar-refractivity contribution in [2.24, 2.45) is 0 Å². The fourth-order valence-corrected chi connectivity index (χ4v) is 3.86. The molecule has 0 saturated heterocycles. The van der Waals surface area contributed by atoms with Gasteiger partial charge in [-0.2, -0.15) is 0 Å². The molecule has 4 heterocycles. The summed E-state index contributed by atoms with van der Waals surface area (Å²) in [5.74, 6) is 0.603. The second-order valence-electron chi connectivity index (χ2n) is 6.52. The molecular formula is C22H16N4O2S. The lowest BCUT2D eigenvalue weighted by Crippen LogP contribution is -2.14. The number of rotatable bonds is 5. The van der Waals surface area contributed by atoms with Crippen LogP contribution in [0.25, 0.3) is 27.7 Å². The lowest BCUT2D eigenvalue weighted by atomic mass is 10.1. The van der Waals surface area contributed by atoms with Gasteiger partial charge in [0.05, 0.1) is 24.1 Å². The molecule has 142 valence electrons. The molecule has 0 atom stereocenters. The van der Waals surface area contributed by atoms with Crippen molar-refractivity contribution >= 4 is 28.6 Å². The SMILES string of the molecule is O=C(Cc1csc(-c2ccco2)n1)Nc1ccc(-c2cn3ccccc3n2)cc1. The maximum absolute atomic E-state index is 12.4. The van der Waals surface area contributed by atoms with E-state index in [1.54, 1.807) is 6.26 Å². The monoisotopic (exact) mass is 400 g/mol. The van der Waals surface area contributed by atoms with Gasteiger partial charge >= 0.3 is 0 Å². The number of hydrogen-bond donors (Lipinski definition) is 1. The highest BCUT2D eigenvalue weighted by Gasteiger charge is 2.11. The molecule has 0 aliphatic heterocycles. The molecule has 0 bridgehead atoms. The van der Waals surface area contributed by atoms with E-state index in [1.165, 1.54) is 11.3 Å². The first-order chi connectivity index (χ1) is 14.2. The number of aromatic nitrogens is 3. The van der Waals surface area contributed by atoms with E-state index in [4.69, 9.17) is 4.42 Å². The Morgan fingerprint density at radius 2 is 1.97 bits per heavy atom. The van der Waals surface area contributed by atoms with Crippen LogP contribution in [0.3, 0.4) is 0 Å². The Morgan fingerprint density at radius 3 is 2.76 bits per heavy atom. The number of benzene rings is 1. The van der Waals surface area contributed by atoms with Crippen molar-refractivity contribution < 1.29 is 9.21 Å². The number of carbonyl (C=O) groups excluding carboxylic acids is 1. The molecule has 5 aromatic rings. The fourth-order valence-electron chi connectivity index (χ4n) is 3.07. The van der Waals surface area contributed by atoms with Gasteiger partial charge in [-0.25, -0.2) is 9.97 Å². The number of anilines is 1. The molecule has 0 saturated carbocycles. The third kappa shape index (κ3) is 3.68. The summed E-state index contributed by atoms with van der Waals surface area (Å²) in [6.07, 6.45) is 5.78. The average Bonchev–Trinajstić information content (AvgIpc) is 3.48. The molecule has 0 spiro atoms. The summed E-state index contributed by atoms with van der Waals surface area (Å²) in [5.41, 5.74) is 4.25. The largest absolute Gasteiger partial charge is 0.462 e. The van der Waals surface area contributed by atoms with Crippen molar-refractivity contribution in [3.05, 3.63) is 84.3 Å². The van der Waals surface area contributed by atoms with Crippen LogP contribution < -0.4 is 5.32 Å². The van der Waals surface area contributed by atoms with Gasteiger partial charge in [-0.1, -0.05) is 18.2 Å². The van der Waals surface area contributed by atoms with E-state index in [1.807, 2.05) is 76.8 Å². The summed E-state index contributed by atoms with van der Waals surface area (Å²) in [7, 11) is 0. The number of hydrogen-bond acceptors (Lipinski definition) is 5. The number of pyridine rings is 1. The second kappa shape index (κ2) is 7.37. The van der Waals surface area contributed by atoms with Gasteiger partial charge in [-0.05, 0) is 36.4 Å². The zero-order valence-electron chi connectivity index (χ0n) is 15.3. The Hall–Kier alpha value is -3.71. The quantitative estimate of drug-likeness (QED) is 0.455. The summed E-state index contributed by atoms with van der Waals surface area (Å²) in [4.78, 5) is 21.4. The molecule has 5 rings (SSSR count). The van der Waals surface area contributed by atoms with Crippen molar-refractivity contribution in [1.29, 1.82) is 0 Å². The van der Waals surface area contributed by atoms with Crippen LogP contribution in [0.2, 0.25) is 0 Å². The van der Waals surface area contributed by atoms with E-state index in [2.05, 4.69) is 15.3 Å². The van der Waals surface area contributed by atoms with Crippen LogP contribution in [-0.2, 0) is 11.2 Å². The molecule has 7 heteroatoms. The number of imidazole rings is 1. The molecule has 0 fully saturated rings. The number of nitrogens with one attached hydrogen (secondary N) is 1. The van der Waals surface area contributed by atoms with Gasteiger partial charge in [0.25, 0.3) is 0 Å². The Labute approximate surface area is 170 Å². The van der Waals surface area contributed by atoms with E-state index >= 15 is 0 Å². The van der Waals surface area contributed by atoms with Gasteiger partial charge in [0, 0.05) is 29.0 Å². The Morgan fingerprint density at radius 1 is 1.07 bits per heavy atom. The minimum absolute atomic E-state index is 0.109. The number of fused-ring (bicyclic) bond motifs is 1. The predicted molar refractivity (Wildman–Crippen MR) is 113 cm³/mol. The van der Waals surface area contributed by atoms with Gasteiger partial charge < -0.3 is 14.1 Å². The number of amides is 1. The first kappa shape index (κ1) is 17.4. The van der Waals surface area contributed by atoms with Crippen molar-refractivity contribution in [2.45, 2.75) is 6.42 Å². The average molecular weight is 400 g/mol. The summed E-state index contributed by atoms with van der Waals surface area (Å²) in [6, 6.07) is 17.2. The van der Waals surface area contributed by atoms with Crippen LogP contribution in [0, 0.1) is 0 Å². The van der Waals surface area contributed by atoms with Gasteiger partial charge in [0.15, 0.2) is 10.8 Å². The van der Waals surface area contributed by atoms with Crippen LogP contribution in [0.5, 0.6) is 0 Å². The molecule has 1 aromatic carbocycles. The zero-order valence-corrected chi connectivity index (χ0v) is 16.1. The molecule has 0 radical (unpaired) electrons. The smallest absolute Gasteiger partial charge is 0.230 e. The van der Waals surface area contributed by atoms with Crippen LogP contribution in [0.1, 0.15) is 5.69 Å². The number of furan rings is 1. The topological polar surface area (TPSA) is 72.4 Å². The van der Waals surface area contributed by atoms with Gasteiger partial charge in [0.1, 0.15) is 5.65 Å². The predicted octanol–water partition coefficient (Wildman–Crippen LogP) is 4.90. The third-order valence-electron chi connectivity index (χ3n) is 4.45. The maximum Gasteiger partial charge on any atom is 0.230 e. The van der Waals surface area contributed by atoms with Crippen LogP contribution >= 0.6 is 11.3 Å². The molecule has 6 nitrogen and oxygen atoms in total. The van der Waals surface area contributed by atoms with E-state index in [-0.39, 0.29) is 12.3 Å². The molecule has 0 unspecified atom stereocenters. The van der Waals surface area contributed by atoms with E-state index in [9.17, 15) is 4.79 Å². The fraction of sp³-hybridized carbons (Fsp3) is 0.0455. The number of nitrogens with zero attached hydrogens (tertiary/aromatic N) is 3. The van der Waals surface area contributed by atoms with Gasteiger partial charge in [-0.15, -0.1) is 11.3 Å². The highest BCUT2D eigenvalue weighted by Crippen LogP contribution is 2.25. The van der Waals surface area contributed by atoms with Crippen LogP contribution in [0.4, 0.5) is 5.69 Å². The maximum atomic E-state index is 12.4. The zero-order chi connectivity index (χ0) is 19.6. The Kier molecular flexibility index (Phi) is 4.42. The first-order valence-electron chi connectivity index (χ1n) is 9.07. The Bertz CT molecular complexity index is 1240. The molecule has 1 amide bonds. The van der Waals surface area contributed by atoms with Gasteiger partial charge in [0.2, 0.25) is 5.91 Å². The van der Waals surface area contributed by atoms with Crippen molar-refractivity contribution in [1.82, 2.24) is 14.4 Å². The summed E-state index contributed by atoms with van der Waals surface area (Å²) < 4.78 is 7.32. The molecule has 4 aromatic heterocycles. The van der Waals surface area contributed by atoms with Crippen LogP contribution in [-0.4, -0.2) is 20.3 Å². The Balaban J connectivity index is 1.25. The van der Waals surface area contributed by atoms with Crippen molar-refractivity contribution in [2.75, 3.05) is 5.32 Å². The normalized spacial score (nSPS) is 11.0. The summed E-state index contributed by atoms with van der Waals surface area (Å²) in [5, 5.41) is 5.57.